The van der Waals surface area contributed by atoms with Crippen molar-refractivity contribution < 1.29 is 8.83 Å². The molecule has 11 aromatic rings. The number of hydrogen-bond donors (Lipinski definition) is 0. The maximum absolute atomic E-state index is 6.86. The number of thiophene rings is 1. The zero-order valence-corrected chi connectivity index (χ0v) is 32.3. The lowest BCUT2D eigenvalue weighted by Crippen LogP contribution is -2.09. The number of furan rings is 2. The van der Waals surface area contributed by atoms with Crippen molar-refractivity contribution in [3.63, 3.8) is 0 Å². The molecular weight excluding hydrogens is 727 g/mol. The van der Waals surface area contributed by atoms with E-state index in [-0.39, 0.29) is 0 Å². The molecule has 0 saturated carbocycles. The molecule has 3 nitrogen and oxygen atoms in total. The highest BCUT2D eigenvalue weighted by molar-refractivity contribution is 7.26. The Morgan fingerprint density at radius 3 is 1.95 bits per heavy atom. The molecule has 3 aromatic heterocycles. The van der Waals surface area contributed by atoms with Crippen LogP contribution in [-0.4, -0.2) is 0 Å². The lowest BCUT2D eigenvalue weighted by atomic mass is 9.93. The standard InChI is InChI=1S/C54H35NO2S/c1-3-12-34(13-4-1)35-22-26-38(27-23-35)55(39-28-24-36(25-29-39)41-18-11-19-43-42-16-8-10-21-50(42)58-54(41)43)40-30-31-48-45(32-40)46-33-49-52(44-17-7-9-20-47(44)56-49)51(53(46)57-48)37-14-5-2-6-15-37/h1-8,10-19,21-33H,9,20H2. The van der Waals surface area contributed by atoms with Crippen LogP contribution < -0.4 is 4.90 Å². The van der Waals surface area contributed by atoms with Crippen molar-refractivity contribution in [2.24, 2.45) is 0 Å². The van der Waals surface area contributed by atoms with Gasteiger partial charge in [-0.2, -0.15) is 0 Å². The zero-order valence-electron chi connectivity index (χ0n) is 31.5. The number of rotatable bonds is 6. The van der Waals surface area contributed by atoms with Crippen LogP contribution in [0.25, 0.3) is 92.5 Å². The number of allylic oxidation sites excluding steroid dienone is 1. The third-order valence-electron chi connectivity index (χ3n) is 11.7. The van der Waals surface area contributed by atoms with Crippen molar-refractivity contribution in [2.75, 3.05) is 4.90 Å². The molecular formula is C54H35NO2S. The summed E-state index contributed by atoms with van der Waals surface area (Å²) in [6, 6.07) is 63.2. The van der Waals surface area contributed by atoms with Crippen LogP contribution >= 0.6 is 11.3 Å². The summed E-state index contributed by atoms with van der Waals surface area (Å²) in [5.74, 6) is 1.05. The van der Waals surface area contributed by atoms with Gasteiger partial charge < -0.3 is 13.7 Å². The topological polar surface area (TPSA) is 29.5 Å². The van der Waals surface area contributed by atoms with Crippen molar-refractivity contribution in [1.82, 2.24) is 0 Å². The third kappa shape index (κ3) is 5.26. The average Bonchev–Trinajstić information content (AvgIpc) is 3.98. The molecule has 3 heterocycles. The SMILES string of the molecule is C1=Cc2c(oc3cc4c(oc5ccc(N(c6ccc(-c7ccccc7)cc6)c6ccc(-c7cccc8c7sc7ccccc78)cc6)cc54)c(-c4ccccc4)c23)CC1. The normalized spacial score (nSPS) is 12.6. The van der Waals surface area contributed by atoms with E-state index in [1.807, 2.05) is 11.3 Å². The van der Waals surface area contributed by atoms with E-state index in [0.29, 0.717) is 0 Å². The molecule has 0 unspecified atom stereocenters. The van der Waals surface area contributed by atoms with E-state index in [0.717, 1.165) is 79.7 Å². The average molecular weight is 762 g/mol. The highest BCUT2D eigenvalue weighted by Gasteiger charge is 2.25. The first kappa shape index (κ1) is 33.0. The monoisotopic (exact) mass is 761 g/mol. The summed E-state index contributed by atoms with van der Waals surface area (Å²) in [7, 11) is 0. The van der Waals surface area contributed by atoms with E-state index < -0.39 is 0 Å². The molecule has 1 aliphatic rings. The van der Waals surface area contributed by atoms with Crippen LogP contribution in [0.3, 0.4) is 0 Å². The van der Waals surface area contributed by atoms with Gasteiger partial charge in [-0.05, 0) is 88.8 Å². The van der Waals surface area contributed by atoms with Crippen LogP contribution in [0, 0.1) is 0 Å². The lowest BCUT2D eigenvalue weighted by molar-refractivity contribution is 0.546. The Bertz CT molecular complexity index is 3370. The third-order valence-corrected chi connectivity index (χ3v) is 12.9. The zero-order chi connectivity index (χ0) is 38.2. The predicted molar refractivity (Wildman–Crippen MR) is 245 cm³/mol. The summed E-state index contributed by atoms with van der Waals surface area (Å²) in [6.45, 7) is 0. The molecule has 0 atom stereocenters. The first-order chi connectivity index (χ1) is 28.7. The molecule has 0 amide bonds. The molecule has 274 valence electrons. The summed E-state index contributed by atoms with van der Waals surface area (Å²) in [5.41, 5.74) is 14.0. The largest absolute Gasteiger partial charge is 0.460 e. The summed E-state index contributed by atoms with van der Waals surface area (Å²) in [5, 5.41) is 5.84. The van der Waals surface area contributed by atoms with Gasteiger partial charge in [-0.1, -0.05) is 133 Å². The first-order valence-corrected chi connectivity index (χ1v) is 20.7. The van der Waals surface area contributed by atoms with E-state index in [1.54, 1.807) is 0 Å². The summed E-state index contributed by atoms with van der Waals surface area (Å²) < 4.78 is 16.1. The molecule has 0 fully saturated rings. The second kappa shape index (κ2) is 13.2. The Hall–Kier alpha value is -7.14. The predicted octanol–water partition coefficient (Wildman–Crippen LogP) is 16.1. The number of fused-ring (bicyclic) bond motifs is 9. The van der Waals surface area contributed by atoms with Gasteiger partial charge in [-0.3, -0.25) is 0 Å². The van der Waals surface area contributed by atoms with E-state index in [9.17, 15) is 0 Å². The molecule has 12 rings (SSSR count). The summed E-state index contributed by atoms with van der Waals surface area (Å²) >= 11 is 1.87. The molecule has 0 saturated heterocycles. The minimum absolute atomic E-state index is 0.846. The van der Waals surface area contributed by atoms with Crippen LogP contribution in [0.15, 0.2) is 191 Å². The minimum atomic E-state index is 0.846. The van der Waals surface area contributed by atoms with Gasteiger partial charge in [0.05, 0.1) is 0 Å². The Morgan fingerprint density at radius 2 is 1.16 bits per heavy atom. The molecule has 58 heavy (non-hydrogen) atoms. The van der Waals surface area contributed by atoms with Crippen LogP contribution in [0.1, 0.15) is 17.7 Å². The fraction of sp³-hybridized carbons (Fsp3) is 0.0370. The number of benzene rings is 8. The van der Waals surface area contributed by atoms with E-state index >= 15 is 0 Å². The minimum Gasteiger partial charge on any atom is -0.460 e. The highest BCUT2D eigenvalue weighted by Crippen LogP contribution is 2.47. The molecule has 0 spiro atoms. The maximum atomic E-state index is 6.86. The van der Waals surface area contributed by atoms with Crippen LogP contribution in [-0.2, 0) is 6.42 Å². The number of nitrogens with zero attached hydrogens (tertiary/aromatic N) is 1. The van der Waals surface area contributed by atoms with Gasteiger partial charge in [-0.25, -0.2) is 0 Å². The molecule has 1 aliphatic carbocycles. The van der Waals surface area contributed by atoms with Gasteiger partial charge in [0, 0.05) is 70.9 Å². The van der Waals surface area contributed by atoms with Crippen LogP contribution in [0.2, 0.25) is 0 Å². The van der Waals surface area contributed by atoms with Gasteiger partial charge in [0.1, 0.15) is 22.5 Å². The molecule has 0 bridgehead atoms. The van der Waals surface area contributed by atoms with Crippen LogP contribution in [0.5, 0.6) is 0 Å². The van der Waals surface area contributed by atoms with Gasteiger partial charge in [-0.15, -0.1) is 11.3 Å². The summed E-state index contributed by atoms with van der Waals surface area (Å²) in [4.78, 5) is 2.35. The van der Waals surface area contributed by atoms with E-state index in [2.05, 4.69) is 193 Å². The molecule has 0 radical (unpaired) electrons. The van der Waals surface area contributed by atoms with Gasteiger partial charge >= 0.3 is 0 Å². The van der Waals surface area contributed by atoms with Crippen LogP contribution in [0.4, 0.5) is 17.1 Å². The molecule has 8 aromatic carbocycles. The number of hydrogen-bond acceptors (Lipinski definition) is 4. The Balaban J connectivity index is 1.03. The fourth-order valence-electron chi connectivity index (χ4n) is 8.99. The maximum Gasteiger partial charge on any atom is 0.144 e. The Morgan fingerprint density at radius 1 is 0.483 bits per heavy atom. The number of anilines is 3. The Labute approximate surface area is 339 Å². The van der Waals surface area contributed by atoms with Crippen molar-refractivity contribution in [2.45, 2.75) is 12.8 Å². The molecule has 0 aliphatic heterocycles. The second-order valence-electron chi connectivity index (χ2n) is 15.1. The van der Waals surface area contributed by atoms with Gasteiger partial charge in [0.2, 0.25) is 0 Å². The van der Waals surface area contributed by atoms with E-state index in [1.165, 1.54) is 48.0 Å². The highest BCUT2D eigenvalue weighted by atomic mass is 32.1. The number of aryl methyl sites for hydroxylation is 1. The first-order valence-electron chi connectivity index (χ1n) is 19.9. The second-order valence-corrected chi connectivity index (χ2v) is 16.2. The van der Waals surface area contributed by atoms with Gasteiger partial charge in [0.15, 0.2) is 0 Å². The summed E-state index contributed by atoms with van der Waals surface area (Å²) in [6.07, 6.45) is 6.36. The lowest BCUT2D eigenvalue weighted by Gasteiger charge is -2.26. The smallest absolute Gasteiger partial charge is 0.144 e. The van der Waals surface area contributed by atoms with Crippen molar-refractivity contribution in [3.05, 3.63) is 193 Å². The van der Waals surface area contributed by atoms with Crippen molar-refractivity contribution in [3.8, 4) is 33.4 Å². The van der Waals surface area contributed by atoms with E-state index in [4.69, 9.17) is 8.83 Å². The molecule has 4 heteroatoms. The molecule has 0 N–H and O–H groups in total. The Kier molecular flexibility index (Phi) is 7.54. The quantitative estimate of drug-likeness (QED) is 0.169. The fourth-order valence-corrected chi connectivity index (χ4v) is 10.2. The van der Waals surface area contributed by atoms with Crippen molar-refractivity contribution in [1.29, 1.82) is 0 Å². The van der Waals surface area contributed by atoms with Gasteiger partial charge in [0.25, 0.3) is 0 Å². The van der Waals surface area contributed by atoms with Crippen molar-refractivity contribution >= 4 is 87.6 Å².